The molecule has 26 heavy (non-hydrogen) atoms. The molecule has 0 radical (unpaired) electrons. The van der Waals surface area contributed by atoms with E-state index in [-0.39, 0.29) is 11.5 Å². The molecular formula is C20H15N3O2S. The van der Waals surface area contributed by atoms with E-state index in [2.05, 4.69) is 22.9 Å². The third-order valence-electron chi connectivity index (χ3n) is 4.14. The van der Waals surface area contributed by atoms with Gasteiger partial charge in [-0.05, 0) is 23.3 Å². The van der Waals surface area contributed by atoms with Gasteiger partial charge in [0.1, 0.15) is 16.4 Å². The van der Waals surface area contributed by atoms with E-state index in [4.69, 9.17) is 0 Å². The quantitative estimate of drug-likeness (QED) is 0.376. The highest BCUT2D eigenvalue weighted by Crippen LogP contribution is 2.38. The van der Waals surface area contributed by atoms with Crippen LogP contribution in [0.3, 0.4) is 0 Å². The second-order valence-electron chi connectivity index (χ2n) is 5.73. The molecule has 1 heterocycles. The number of hydrogen-bond acceptors (Lipinski definition) is 5. The van der Waals surface area contributed by atoms with Gasteiger partial charge in [-0.15, -0.1) is 17.7 Å². The van der Waals surface area contributed by atoms with E-state index in [0.29, 0.717) is 16.4 Å². The van der Waals surface area contributed by atoms with Gasteiger partial charge in [0, 0.05) is 5.56 Å². The van der Waals surface area contributed by atoms with Crippen LogP contribution in [0.15, 0.2) is 77.8 Å². The monoisotopic (exact) mass is 361 g/mol. The lowest BCUT2D eigenvalue weighted by Gasteiger charge is -2.13. The highest BCUT2D eigenvalue weighted by atomic mass is 32.1. The molecule has 0 aliphatic heterocycles. The summed E-state index contributed by atoms with van der Waals surface area (Å²) in [7, 11) is 0. The van der Waals surface area contributed by atoms with Gasteiger partial charge in [-0.25, -0.2) is 4.68 Å². The van der Waals surface area contributed by atoms with E-state index >= 15 is 0 Å². The van der Waals surface area contributed by atoms with Gasteiger partial charge in [-0.1, -0.05) is 65.9 Å². The molecule has 6 heteroatoms. The Balaban J connectivity index is 1.97. The first kappa shape index (κ1) is 16.2. The van der Waals surface area contributed by atoms with Crippen LogP contribution in [-0.2, 0) is 0 Å². The largest absolute Gasteiger partial charge is 0.504 e. The second kappa shape index (κ2) is 6.57. The number of hydrogen-bond donors (Lipinski definition) is 3. The van der Waals surface area contributed by atoms with E-state index in [9.17, 15) is 10.2 Å². The Morgan fingerprint density at radius 3 is 2.23 bits per heavy atom. The minimum atomic E-state index is -0.260. The van der Waals surface area contributed by atoms with Gasteiger partial charge >= 0.3 is 0 Å². The molecule has 0 aliphatic carbocycles. The Labute approximate surface area is 155 Å². The van der Waals surface area contributed by atoms with Gasteiger partial charge in [-0.3, -0.25) is 0 Å². The lowest BCUT2D eigenvalue weighted by Crippen LogP contribution is -2.01. The molecule has 0 saturated carbocycles. The van der Waals surface area contributed by atoms with Crippen LogP contribution in [0, 0.1) is 0 Å². The fourth-order valence-corrected chi connectivity index (χ4v) is 3.18. The zero-order valence-electron chi connectivity index (χ0n) is 13.6. The van der Waals surface area contributed by atoms with E-state index < -0.39 is 0 Å². The predicted octanol–water partition coefficient (Wildman–Crippen LogP) is 4.30. The van der Waals surface area contributed by atoms with Crippen molar-refractivity contribution in [3.8, 4) is 39.6 Å². The van der Waals surface area contributed by atoms with Crippen molar-refractivity contribution >= 4 is 12.6 Å². The number of nitrogens with zero attached hydrogens (tertiary/aromatic N) is 3. The summed E-state index contributed by atoms with van der Waals surface area (Å²) in [5.74, 6) is -0.481. The van der Waals surface area contributed by atoms with Crippen molar-refractivity contribution in [2.75, 3.05) is 0 Å². The van der Waals surface area contributed by atoms with Gasteiger partial charge < -0.3 is 10.2 Å². The molecule has 0 unspecified atom stereocenters. The molecule has 1 aromatic heterocycles. The molecule has 5 nitrogen and oxygen atoms in total. The third kappa shape index (κ3) is 2.70. The molecule has 0 aliphatic rings. The first-order valence-corrected chi connectivity index (χ1v) is 8.42. The van der Waals surface area contributed by atoms with Crippen LogP contribution < -0.4 is 0 Å². The standard InChI is InChI=1S/C20H15N3O2S/c24-17-12-6-11-16(19(17)25)23-18(20(26)21-22-23)15-10-5-4-9-14(15)13-7-2-1-3-8-13/h1-12,24-26H. The summed E-state index contributed by atoms with van der Waals surface area (Å²) in [5.41, 5.74) is 3.87. The molecule has 0 atom stereocenters. The average Bonchev–Trinajstić information content (AvgIpc) is 3.06. The molecule has 0 spiro atoms. The summed E-state index contributed by atoms with van der Waals surface area (Å²) in [4.78, 5) is 0. The van der Waals surface area contributed by atoms with Gasteiger partial charge in [-0.2, -0.15) is 0 Å². The number of rotatable bonds is 3. The molecule has 0 saturated heterocycles. The van der Waals surface area contributed by atoms with Crippen molar-refractivity contribution in [3.05, 3.63) is 72.8 Å². The molecule has 128 valence electrons. The summed E-state index contributed by atoms with van der Waals surface area (Å²) >= 11 is 4.46. The van der Waals surface area contributed by atoms with Gasteiger partial charge in [0.05, 0.1) is 0 Å². The molecule has 0 fully saturated rings. The van der Waals surface area contributed by atoms with Crippen LogP contribution in [0.1, 0.15) is 0 Å². The van der Waals surface area contributed by atoms with Crippen molar-refractivity contribution in [3.63, 3.8) is 0 Å². The summed E-state index contributed by atoms with van der Waals surface area (Å²) in [6.45, 7) is 0. The summed E-state index contributed by atoms with van der Waals surface area (Å²) in [6, 6.07) is 22.5. The Bertz CT molecular complexity index is 1080. The van der Waals surface area contributed by atoms with Gasteiger partial charge in [0.2, 0.25) is 0 Å². The summed E-state index contributed by atoms with van der Waals surface area (Å²) in [5, 5.41) is 28.7. The summed E-state index contributed by atoms with van der Waals surface area (Å²) in [6.07, 6.45) is 0. The lowest BCUT2D eigenvalue weighted by molar-refractivity contribution is 0.401. The van der Waals surface area contributed by atoms with Crippen molar-refractivity contribution in [2.45, 2.75) is 5.03 Å². The SMILES string of the molecule is Oc1cccc(-n2nnc(S)c2-c2ccccc2-c2ccccc2)c1O. The second-order valence-corrected chi connectivity index (χ2v) is 6.15. The normalized spacial score (nSPS) is 10.8. The predicted molar refractivity (Wildman–Crippen MR) is 103 cm³/mol. The maximum atomic E-state index is 10.3. The lowest BCUT2D eigenvalue weighted by atomic mass is 9.98. The maximum Gasteiger partial charge on any atom is 0.183 e. The van der Waals surface area contributed by atoms with Crippen LogP contribution >= 0.6 is 12.6 Å². The van der Waals surface area contributed by atoms with Crippen molar-refractivity contribution in [2.24, 2.45) is 0 Å². The first-order chi connectivity index (χ1) is 12.7. The van der Waals surface area contributed by atoms with Crippen LogP contribution in [-0.4, -0.2) is 25.2 Å². The Hall–Kier alpha value is -3.25. The fraction of sp³-hybridized carbons (Fsp3) is 0. The molecule has 0 amide bonds. The Morgan fingerprint density at radius 2 is 1.46 bits per heavy atom. The number of phenolic OH excluding ortho intramolecular Hbond substituents is 2. The summed E-state index contributed by atoms with van der Waals surface area (Å²) < 4.78 is 1.49. The molecule has 2 N–H and O–H groups in total. The number of aromatic hydroxyl groups is 2. The van der Waals surface area contributed by atoms with Crippen molar-refractivity contribution in [1.82, 2.24) is 15.0 Å². The molecule has 4 rings (SSSR count). The Kier molecular flexibility index (Phi) is 4.10. The highest BCUT2D eigenvalue weighted by Gasteiger charge is 2.20. The number of thiol groups is 1. The van der Waals surface area contributed by atoms with Crippen molar-refractivity contribution in [1.29, 1.82) is 0 Å². The number of phenols is 2. The minimum Gasteiger partial charge on any atom is -0.504 e. The molecule has 0 bridgehead atoms. The van der Waals surface area contributed by atoms with Crippen LogP contribution in [0.4, 0.5) is 0 Å². The number of aromatic nitrogens is 3. The average molecular weight is 361 g/mol. The zero-order valence-corrected chi connectivity index (χ0v) is 14.5. The Morgan fingerprint density at radius 1 is 0.769 bits per heavy atom. The van der Waals surface area contributed by atoms with Crippen LogP contribution in [0.5, 0.6) is 11.5 Å². The maximum absolute atomic E-state index is 10.3. The number of benzene rings is 3. The highest BCUT2D eigenvalue weighted by molar-refractivity contribution is 7.80. The zero-order chi connectivity index (χ0) is 18.1. The molecular weight excluding hydrogens is 346 g/mol. The molecule has 3 aromatic carbocycles. The van der Waals surface area contributed by atoms with Crippen LogP contribution in [0.25, 0.3) is 28.1 Å². The first-order valence-electron chi connectivity index (χ1n) is 7.97. The number of para-hydroxylation sites is 1. The minimum absolute atomic E-state index is 0.221. The van der Waals surface area contributed by atoms with Gasteiger partial charge in [0.25, 0.3) is 0 Å². The van der Waals surface area contributed by atoms with Crippen molar-refractivity contribution < 1.29 is 10.2 Å². The van der Waals surface area contributed by atoms with E-state index in [1.165, 1.54) is 10.7 Å². The van der Waals surface area contributed by atoms with Crippen LogP contribution in [0.2, 0.25) is 0 Å². The fourth-order valence-electron chi connectivity index (χ4n) is 2.93. The van der Waals surface area contributed by atoms with E-state index in [1.54, 1.807) is 12.1 Å². The molecule has 4 aromatic rings. The van der Waals surface area contributed by atoms with E-state index in [0.717, 1.165) is 16.7 Å². The smallest absolute Gasteiger partial charge is 0.183 e. The van der Waals surface area contributed by atoms with Gasteiger partial charge in [0.15, 0.2) is 11.5 Å². The van der Waals surface area contributed by atoms with E-state index in [1.807, 2.05) is 54.6 Å². The third-order valence-corrected chi connectivity index (χ3v) is 4.44. The topological polar surface area (TPSA) is 71.2 Å².